The van der Waals surface area contributed by atoms with Gasteiger partial charge in [0.2, 0.25) is 0 Å². The van der Waals surface area contributed by atoms with Crippen LogP contribution in [0.4, 0.5) is 5.82 Å². The van der Waals surface area contributed by atoms with Crippen molar-refractivity contribution in [2.45, 2.75) is 20.3 Å². The van der Waals surface area contributed by atoms with Crippen molar-refractivity contribution in [3.8, 4) is 11.1 Å². The highest BCUT2D eigenvalue weighted by molar-refractivity contribution is 6.08. The molecule has 1 aromatic carbocycles. The van der Waals surface area contributed by atoms with Crippen molar-refractivity contribution in [3.63, 3.8) is 0 Å². The van der Waals surface area contributed by atoms with Crippen LogP contribution >= 0.6 is 0 Å². The number of aromatic nitrogens is 1. The summed E-state index contributed by atoms with van der Waals surface area (Å²) in [5, 5.41) is 18.9. The predicted octanol–water partition coefficient (Wildman–Crippen LogP) is 1.89. The van der Waals surface area contributed by atoms with Crippen molar-refractivity contribution >= 4 is 17.8 Å². The number of anilines is 1. The number of nitrogen functional groups attached to an aromatic ring is 1. The Balaban J connectivity index is 3.10. The first-order chi connectivity index (χ1) is 10.8. The minimum absolute atomic E-state index is 0.152. The van der Waals surface area contributed by atoms with Crippen molar-refractivity contribution < 1.29 is 19.8 Å². The Hall–Kier alpha value is -3.09. The van der Waals surface area contributed by atoms with Gasteiger partial charge in [0.25, 0.3) is 5.56 Å². The van der Waals surface area contributed by atoms with Gasteiger partial charge in [0.15, 0.2) is 0 Å². The number of H-pyrrole nitrogens is 1. The molecule has 2 rings (SSSR count). The van der Waals surface area contributed by atoms with Crippen LogP contribution in [0.15, 0.2) is 23.0 Å². The predicted molar refractivity (Wildman–Crippen MR) is 84.9 cm³/mol. The Labute approximate surface area is 131 Å². The SMILES string of the molecule is CCc1cccc(C)c1-c1c(C(=O)O)c(N)[nH]c(=O)c1C(=O)O. The van der Waals surface area contributed by atoms with Gasteiger partial charge in [0, 0.05) is 5.56 Å². The fraction of sp³-hybridized carbons (Fsp3) is 0.188. The van der Waals surface area contributed by atoms with Gasteiger partial charge in [-0.1, -0.05) is 25.1 Å². The lowest BCUT2D eigenvalue weighted by atomic mass is 9.88. The molecule has 0 fully saturated rings. The van der Waals surface area contributed by atoms with Crippen LogP contribution in [-0.4, -0.2) is 27.1 Å². The summed E-state index contributed by atoms with van der Waals surface area (Å²) in [5.74, 6) is -3.27. The maximum Gasteiger partial charge on any atom is 0.342 e. The third-order valence-electron chi connectivity index (χ3n) is 3.66. The number of carboxylic acid groups (broad SMARTS) is 2. The lowest BCUT2D eigenvalue weighted by Gasteiger charge is -2.17. The van der Waals surface area contributed by atoms with E-state index in [1.807, 2.05) is 6.92 Å². The average molecular weight is 316 g/mol. The number of aromatic amines is 1. The molecule has 0 aliphatic rings. The number of aromatic carboxylic acids is 2. The molecule has 0 amide bonds. The van der Waals surface area contributed by atoms with Gasteiger partial charge >= 0.3 is 11.9 Å². The van der Waals surface area contributed by atoms with Crippen LogP contribution in [0.5, 0.6) is 0 Å². The molecule has 0 spiro atoms. The maximum atomic E-state index is 12.1. The molecule has 0 radical (unpaired) electrons. The highest BCUT2D eigenvalue weighted by Gasteiger charge is 2.28. The second-order valence-corrected chi connectivity index (χ2v) is 5.07. The van der Waals surface area contributed by atoms with Gasteiger partial charge in [-0.3, -0.25) is 4.79 Å². The third kappa shape index (κ3) is 2.68. The van der Waals surface area contributed by atoms with Crippen LogP contribution in [0.25, 0.3) is 11.1 Å². The Kier molecular flexibility index (Phi) is 4.22. The summed E-state index contributed by atoms with van der Waals surface area (Å²) < 4.78 is 0. The van der Waals surface area contributed by atoms with E-state index in [0.717, 1.165) is 5.56 Å². The number of aryl methyl sites for hydroxylation is 2. The Morgan fingerprint density at radius 2 is 1.74 bits per heavy atom. The van der Waals surface area contributed by atoms with Crippen LogP contribution < -0.4 is 11.3 Å². The first-order valence-corrected chi connectivity index (χ1v) is 6.90. The van der Waals surface area contributed by atoms with Gasteiger partial charge in [-0.25, -0.2) is 9.59 Å². The molecule has 0 saturated heterocycles. The molecule has 0 bridgehead atoms. The monoisotopic (exact) mass is 316 g/mol. The molecule has 23 heavy (non-hydrogen) atoms. The summed E-state index contributed by atoms with van der Waals surface area (Å²) in [5.41, 5.74) is 5.35. The zero-order chi connectivity index (χ0) is 17.3. The van der Waals surface area contributed by atoms with Gasteiger partial charge < -0.3 is 20.9 Å². The van der Waals surface area contributed by atoms with Crippen LogP contribution in [0.3, 0.4) is 0 Å². The zero-order valence-corrected chi connectivity index (χ0v) is 12.6. The molecule has 0 unspecified atom stereocenters. The normalized spacial score (nSPS) is 10.5. The van der Waals surface area contributed by atoms with E-state index in [-0.39, 0.29) is 11.4 Å². The van der Waals surface area contributed by atoms with Crippen LogP contribution in [-0.2, 0) is 6.42 Å². The molecule has 5 N–H and O–H groups in total. The smallest absolute Gasteiger partial charge is 0.342 e. The number of hydrogen-bond donors (Lipinski definition) is 4. The van der Waals surface area contributed by atoms with Crippen LogP contribution in [0, 0.1) is 6.92 Å². The number of carbonyl (C=O) groups is 2. The minimum atomic E-state index is -1.51. The highest BCUT2D eigenvalue weighted by Crippen LogP contribution is 2.34. The lowest BCUT2D eigenvalue weighted by molar-refractivity contribution is 0.0695. The molecule has 7 nitrogen and oxygen atoms in total. The number of benzene rings is 1. The summed E-state index contributed by atoms with van der Waals surface area (Å²) in [6.45, 7) is 3.58. The summed E-state index contributed by atoms with van der Waals surface area (Å²) in [6.07, 6.45) is 0.543. The largest absolute Gasteiger partial charge is 0.478 e. The fourth-order valence-corrected chi connectivity index (χ4v) is 2.68. The van der Waals surface area contributed by atoms with E-state index in [2.05, 4.69) is 4.98 Å². The third-order valence-corrected chi connectivity index (χ3v) is 3.66. The Morgan fingerprint density at radius 3 is 2.26 bits per heavy atom. The highest BCUT2D eigenvalue weighted by atomic mass is 16.4. The molecule has 2 aromatic rings. The number of rotatable bonds is 4. The summed E-state index contributed by atoms with van der Waals surface area (Å²) in [4.78, 5) is 37.3. The molecule has 1 aromatic heterocycles. The average Bonchev–Trinajstić information content (AvgIpc) is 2.44. The van der Waals surface area contributed by atoms with E-state index in [4.69, 9.17) is 5.73 Å². The topological polar surface area (TPSA) is 133 Å². The zero-order valence-electron chi connectivity index (χ0n) is 12.6. The number of pyridine rings is 1. The van der Waals surface area contributed by atoms with Gasteiger partial charge in [-0.05, 0) is 30.0 Å². The van der Waals surface area contributed by atoms with E-state index in [1.165, 1.54) is 0 Å². The second kappa shape index (κ2) is 5.96. The van der Waals surface area contributed by atoms with Gasteiger partial charge in [0.1, 0.15) is 16.9 Å². The second-order valence-electron chi connectivity index (χ2n) is 5.07. The summed E-state index contributed by atoms with van der Waals surface area (Å²) >= 11 is 0. The maximum absolute atomic E-state index is 12.1. The first kappa shape index (κ1) is 16.3. The molecule has 7 heteroatoms. The van der Waals surface area contributed by atoms with Crippen molar-refractivity contribution in [3.05, 3.63) is 50.8 Å². The van der Waals surface area contributed by atoms with Crippen molar-refractivity contribution in [1.82, 2.24) is 4.98 Å². The van der Waals surface area contributed by atoms with Crippen LogP contribution in [0.2, 0.25) is 0 Å². The van der Waals surface area contributed by atoms with Crippen molar-refractivity contribution in [2.24, 2.45) is 0 Å². The van der Waals surface area contributed by atoms with Gasteiger partial charge in [-0.2, -0.15) is 0 Å². The standard InChI is InChI=1S/C16H16N2O5/c1-3-8-6-4-5-7(2)9(8)10-11(15(20)21)13(17)18-14(19)12(10)16(22)23/h4-6H,3H2,1-2H3,(H,20,21)(H,22,23)(H3,17,18,19). The molecule has 0 saturated carbocycles. The lowest BCUT2D eigenvalue weighted by Crippen LogP contribution is -2.24. The number of nitrogens with one attached hydrogen (secondary N) is 1. The van der Waals surface area contributed by atoms with E-state index in [1.54, 1.807) is 25.1 Å². The van der Waals surface area contributed by atoms with Crippen LogP contribution in [0.1, 0.15) is 38.8 Å². The molecule has 0 atom stereocenters. The van der Waals surface area contributed by atoms with E-state index < -0.39 is 28.6 Å². The molecule has 120 valence electrons. The van der Waals surface area contributed by atoms with Crippen molar-refractivity contribution in [1.29, 1.82) is 0 Å². The number of nitrogens with two attached hydrogens (primary N) is 1. The van der Waals surface area contributed by atoms with Gasteiger partial charge in [-0.15, -0.1) is 0 Å². The summed E-state index contributed by atoms with van der Waals surface area (Å²) in [7, 11) is 0. The summed E-state index contributed by atoms with van der Waals surface area (Å²) in [6, 6.07) is 5.27. The molecule has 0 aliphatic heterocycles. The van der Waals surface area contributed by atoms with Gasteiger partial charge in [0.05, 0.1) is 0 Å². The minimum Gasteiger partial charge on any atom is -0.478 e. The molecule has 0 aliphatic carbocycles. The Bertz CT molecular complexity index is 868. The van der Waals surface area contributed by atoms with Crippen molar-refractivity contribution in [2.75, 3.05) is 5.73 Å². The van der Waals surface area contributed by atoms with E-state index in [9.17, 15) is 24.6 Å². The van der Waals surface area contributed by atoms with E-state index in [0.29, 0.717) is 17.5 Å². The quantitative estimate of drug-likeness (QED) is 0.680. The first-order valence-electron chi connectivity index (χ1n) is 6.90. The molecule has 1 heterocycles. The Morgan fingerprint density at radius 1 is 1.13 bits per heavy atom. The number of hydrogen-bond acceptors (Lipinski definition) is 4. The molecular formula is C16H16N2O5. The van der Waals surface area contributed by atoms with E-state index >= 15 is 0 Å². The molecular weight excluding hydrogens is 300 g/mol. The fourth-order valence-electron chi connectivity index (χ4n) is 2.68. The number of carboxylic acids is 2.